The van der Waals surface area contributed by atoms with Gasteiger partial charge in [0.1, 0.15) is 12.6 Å². The Morgan fingerprint density at radius 2 is 1.64 bits per heavy atom. The van der Waals surface area contributed by atoms with Gasteiger partial charge in [-0.1, -0.05) is 78.2 Å². The van der Waals surface area contributed by atoms with Crippen molar-refractivity contribution in [1.29, 1.82) is 0 Å². The van der Waals surface area contributed by atoms with Gasteiger partial charge in [0.25, 0.3) is 10.0 Å². The van der Waals surface area contributed by atoms with Crippen molar-refractivity contribution in [3.05, 3.63) is 94.0 Å². The number of carbonyl (C=O) groups excluding carboxylic acids is 2. The molecule has 10 heteroatoms. The Hall–Kier alpha value is -3.07. The van der Waals surface area contributed by atoms with Crippen LogP contribution in [0.15, 0.2) is 77.7 Å². The Morgan fingerprint density at radius 1 is 0.949 bits per heavy atom. The van der Waals surface area contributed by atoms with E-state index in [4.69, 9.17) is 23.2 Å². The molecule has 1 unspecified atom stereocenters. The van der Waals surface area contributed by atoms with Gasteiger partial charge in [0.2, 0.25) is 11.8 Å². The molecule has 0 fully saturated rings. The van der Waals surface area contributed by atoms with Crippen LogP contribution in [0.5, 0.6) is 0 Å². The minimum absolute atomic E-state index is 0.0105. The molecule has 3 aromatic rings. The van der Waals surface area contributed by atoms with Crippen LogP contribution in [0.3, 0.4) is 0 Å². The number of sulfonamides is 1. The molecular formula is C29H33Cl2N3O4S. The van der Waals surface area contributed by atoms with E-state index in [1.165, 1.54) is 35.2 Å². The average Bonchev–Trinajstić information content (AvgIpc) is 2.88. The van der Waals surface area contributed by atoms with Crippen LogP contribution in [0.25, 0.3) is 0 Å². The first kappa shape index (κ1) is 30.5. The molecule has 3 rings (SSSR count). The fourth-order valence-corrected chi connectivity index (χ4v) is 6.10. The third-order valence-electron chi connectivity index (χ3n) is 6.04. The van der Waals surface area contributed by atoms with E-state index < -0.39 is 28.5 Å². The molecule has 1 N–H and O–H groups in total. The maximum Gasteiger partial charge on any atom is 0.264 e. The predicted molar refractivity (Wildman–Crippen MR) is 157 cm³/mol. The first-order chi connectivity index (χ1) is 18.4. The van der Waals surface area contributed by atoms with Gasteiger partial charge >= 0.3 is 0 Å². The van der Waals surface area contributed by atoms with Gasteiger partial charge < -0.3 is 10.2 Å². The Labute approximate surface area is 240 Å². The molecule has 39 heavy (non-hydrogen) atoms. The lowest BCUT2D eigenvalue weighted by Gasteiger charge is -2.33. The number of halogens is 2. The Balaban J connectivity index is 2.10. The topological polar surface area (TPSA) is 86.8 Å². The number of nitrogens with zero attached hydrogens (tertiary/aromatic N) is 2. The number of anilines is 1. The first-order valence-corrected chi connectivity index (χ1v) is 14.8. The molecule has 0 saturated carbocycles. The average molecular weight is 591 g/mol. The Kier molecular flexibility index (Phi) is 10.4. The van der Waals surface area contributed by atoms with Crippen LogP contribution in [-0.2, 0) is 26.2 Å². The molecule has 0 aliphatic rings. The SMILES string of the molecule is CCC(C(=O)NC(C)C)N(Cc1cccc(C)c1)C(=O)CN(c1cc(Cl)ccc1Cl)S(=O)(=O)c1ccccc1. The fraction of sp³-hybridized carbons (Fsp3) is 0.310. The van der Waals surface area contributed by atoms with Gasteiger partial charge in [0.15, 0.2) is 0 Å². The van der Waals surface area contributed by atoms with Crippen LogP contribution < -0.4 is 9.62 Å². The number of rotatable bonds is 11. The summed E-state index contributed by atoms with van der Waals surface area (Å²) in [5.41, 5.74) is 1.88. The van der Waals surface area contributed by atoms with Crippen molar-refractivity contribution >= 4 is 50.7 Å². The summed E-state index contributed by atoms with van der Waals surface area (Å²) in [6.45, 7) is 6.96. The third kappa shape index (κ3) is 7.75. The lowest BCUT2D eigenvalue weighted by molar-refractivity contribution is -0.140. The molecule has 0 heterocycles. The van der Waals surface area contributed by atoms with E-state index >= 15 is 0 Å². The smallest absolute Gasteiger partial charge is 0.264 e. The second kappa shape index (κ2) is 13.3. The van der Waals surface area contributed by atoms with E-state index in [9.17, 15) is 18.0 Å². The molecule has 0 spiro atoms. The Bertz CT molecular complexity index is 1420. The largest absolute Gasteiger partial charge is 0.352 e. The lowest BCUT2D eigenvalue weighted by atomic mass is 10.1. The quantitative estimate of drug-likeness (QED) is 0.305. The van der Waals surface area contributed by atoms with Crippen molar-refractivity contribution < 1.29 is 18.0 Å². The molecule has 208 valence electrons. The normalized spacial score (nSPS) is 12.2. The number of carbonyl (C=O) groups is 2. The second-order valence-corrected chi connectivity index (χ2v) is 12.2. The van der Waals surface area contributed by atoms with Crippen LogP contribution in [0.2, 0.25) is 10.0 Å². The lowest BCUT2D eigenvalue weighted by Crippen LogP contribution is -2.53. The van der Waals surface area contributed by atoms with E-state index in [1.54, 1.807) is 18.2 Å². The zero-order chi connectivity index (χ0) is 28.7. The summed E-state index contributed by atoms with van der Waals surface area (Å²) < 4.78 is 28.7. The summed E-state index contributed by atoms with van der Waals surface area (Å²) in [7, 11) is -4.23. The van der Waals surface area contributed by atoms with Crippen molar-refractivity contribution in [1.82, 2.24) is 10.2 Å². The highest BCUT2D eigenvalue weighted by molar-refractivity contribution is 7.92. The first-order valence-electron chi connectivity index (χ1n) is 12.6. The van der Waals surface area contributed by atoms with Crippen molar-refractivity contribution in [2.75, 3.05) is 10.8 Å². The van der Waals surface area contributed by atoms with Crippen molar-refractivity contribution in [2.45, 2.75) is 57.6 Å². The molecule has 0 radical (unpaired) electrons. The minimum Gasteiger partial charge on any atom is -0.352 e. The molecule has 3 aromatic carbocycles. The number of aryl methyl sites for hydroxylation is 1. The third-order valence-corrected chi connectivity index (χ3v) is 8.37. The zero-order valence-electron chi connectivity index (χ0n) is 22.4. The molecule has 0 aromatic heterocycles. The second-order valence-electron chi connectivity index (χ2n) is 9.52. The van der Waals surface area contributed by atoms with Gasteiger partial charge in [-0.3, -0.25) is 13.9 Å². The fourth-order valence-electron chi connectivity index (χ4n) is 4.22. The van der Waals surface area contributed by atoms with E-state index in [-0.39, 0.29) is 39.1 Å². The Morgan fingerprint density at radius 3 is 2.26 bits per heavy atom. The van der Waals surface area contributed by atoms with Crippen molar-refractivity contribution in [3.8, 4) is 0 Å². The zero-order valence-corrected chi connectivity index (χ0v) is 24.7. The van der Waals surface area contributed by atoms with E-state index in [0.717, 1.165) is 15.4 Å². The van der Waals surface area contributed by atoms with Gasteiger partial charge in [0.05, 0.1) is 15.6 Å². The molecule has 1 atom stereocenters. The van der Waals surface area contributed by atoms with Crippen LogP contribution in [0.1, 0.15) is 38.3 Å². The highest BCUT2D eigenvalue weighted by Crippen LogP contribution is 2.33. The number of benzene rings is 3. The van der Waals surface area contributed by atoms with E-state index in [1.807, 2.05) is 52.0 Å². The maximum atomic E-state index is 14.0. The summed E-state index contributed by atoms with van der Waals surface area (Å²) >= 11 is 12.7. The number of nitrogens with one attached hydrogen (secondary N) is 1. The standard InChI is InChI=1S/C29H33Cl2N3O4S/c1-5-26(29(36)32-20(2)3)33(18-22-11-9-10-21(4)16-22)28(35)19-34(27-17-23(30)14-15-25(27)31)39(37,38)24-12-7-6-8-13-24/h6-17,20,26H,5,18-19H2,1-4H3,(H,32,36). The molecule has 2 amide bonds. The number of amides is 2. The molecule has 0 bridgehead atoms. The highest BCUT2D eigenvalue weighted by atomic mass is 35.5. The predicted octanol–water partition coefficient (Wildman–Crippen LogP) is 5.83. The van der Waals surface area contributed by atoms with Crippen molar-refractivity contribution in [3.63, 3.8) is 0 Å². The summed E-state index contributed by atoms with van der Waals surface area (Å²) in [6, 6.07) is 18.9. The highest BCUT2D eigenvalue weighted by Gasteiger charge is 2.34. The van der Waals surface area contributed by atoms with Crippen LogP contribution in [0.4, 0.5) is 5.69 Å². The van der Waals surface area contributed by atoms with Gasteiger partial charge in [0, 0.05) is 17.6 Å². The maximum absolute atomic E-state index is 14.0. The molecule has 7 nitrogen and oxygen atoms in total. The van der Waals surface area contributed by atoms with E-state index in [0.29, 0.717) is 6.42 Å². The number of hydrogen-bond donors (Lipinski definition) is 1. The minimum atomic E-state index is -4.23. The molecule has 0 aliphatic carbocycles. The summed E-state index contributed by atoms with van der Waals surface area (Å²) in [5, 5.41) is 3.25. The molecule has 0 aliphatic heterocycles. The van der Waals surface area contributed by atoms with Crippen LogP contribution in [0, 0.1) is 6.92 Å². The molecule has 0 saturated heterocycles. The van der Waals surface area contributed by atoms with Gasteiger partial charge in [-0.25, -0.2) is 8.42 Å². The van der Waals surface area contributed by atoms with Gasteiger partial charge in [-0.15, -0.1) is 0 Å². The van der Waals surface area contributed by atoms with Gasteiger partial charge in [-0.05, 0) is 63.1 Å². The van der Waals surface area contributed by atoms with Gasteiger partial charge in [-0.2, -0.15) is 0 Å². The van der Waals surface area contributed by atoms with Crippen LogP contribution >= 0.6 is 23.2 Å². The summed E-state index contributed by atoms with van der Waals surface area (Å²) in [5.74, 6) is -0.871. The molecular weight excluding hydrogens is 557 g/mol. The monoisotopic (exact) mass is 589 g/mol. The summed E-state index contributed by atoms with van der Waals surface area (Å²) in [6.07, 6.45) is 0.333. The van der Waals surface area contributed by atoms with Crippen LogP contribution in [-0.4, -0.2) is 43.8 Å². The summed E-state index contributed by atoms with van der Waals surface area (Å²) in [4.78, 5) is 28.6. The number of hydrogen-bond acceptors (Lipinski definition) is 4. The van der Waals surface area contributed by atoms with Crippen molar-refractivity contribution in [2.24, 2.45) is 0 Å². The van der Waals surface area contributed by atoms with E-state index in [2.05, 4.69) is 5.32 Å².